The third-order valence-corrected chi connectivity index (χ3v) is 4.41. The minimum absolute atomic E-state index is 0.0860. The molecule has 1 saturated heterocycles. The smallest absolute Gasteiger partial charge is 0.234 e. The molecule has 3 rings (SSSR count). The Hall–Kier alpha value is -1.37. The summed E-state index contributed by atoms with van der Waals surface area (Å²) in [5, 5.41) is 4.21. The first-order valence-corrected chi connectivity index (χ1v) is 8.34. The Labute approximate surface area is 138 Å². The van der Waals surface area contributed by atoms with Crippen molar-refractivity contribution in [1.82, 2.24) is 15.2 Å². The van der Waals surface area contributed by atoms with Gasteiger partial charge in [-0.25, -0.2) is 0 Å². The summed E-state index contributed by atoms with van der Waals surface area (Å²) in [7, 11) is 0. The highest BCUT2D eigenvalue weighted by Crippen LogP contribution is 2.22. The minimum Gasteiger partial charge on any atom is -0.379 e. The van der Waals surface area contributed by atoms with Gasteiger partial charge in [0.1, 0.15) is 0 Å². The average Bonchev–Trinajstić information content (AvgIpc) is 2.91. The van der Waals surface area contributed by atoms with E-state index in [4.69, 9.17) is 4.74 Å². The summed E-state index contributed by atoms with van der Waals surface area (Å²) < 4.78 is 6.35. The van der Waals surface area contributed by atoms with Gasteiger partial charge in [0.25, 0.3) is 0 Å². The number of aromatic nitrogens is 1. The van der Waals surface area contributed by atoms with E-state index >= 15 is 0 Å². The van der Waals surface area contributed by atoms with Crippen molar-refractivity contribution in [2.75, 3.05) is 39.4 Å². The molecule has 0 radical (unpaired) electrons. The molecule has 1 aromatic carbocycles. The number of H-pyrrole nitrogens is 1. The van der Waals surface area contributed by atoms with Gasteiger partial charge in [-0.15, -0.1) is 0 Å². The van der Waals surface area contributed by atoms with Crippen LogP contribution >= 0.6 is 15.9 Å². The lowest BCUT2D eigenvalue weighted by Crippen LogP contribution is -2.43. The molecule has 1 aliphatic heterocycles. The number of hydrogen-bond acceptors (Lipinski definition) is 3. The number of fused-ring (bicyclic) bond motifs is 1. The van der Waals surface area contributed by atoms with E-state index < -0.39 is 0 Å². The summed E-state index contributed by atoms with van der Waals surface area (Å²) in [6.07, 6.45) is 2.84. The van der Waals surface area contributed by atoms with Crippen LogP contribution in [0.2, 0.25) is 0 Å². The lowest BCUT2D eigenvalue weighted by molar-refractivity contribution is -0.123. The molecule has 0 atom stereocenters. The van der Waals surface area contributed by atoms with E-state index in [1.165, 1.54) is 10.9 Å². The van der Waals surface area contributed by atoms with Crippen LogP contribution < -0.4 is 5.32 Å². The van der Waals surface area contributed by atoms with E-state index in [0.717, 1.165) is 42.7 Å². The summed E-state index contributed by atoms with van der Waals surface area (Å²) in [6, 6.07) is 6.18. The Morgan fingerprint density at radius 2 is 2.18 bits per heavy atom. The van der Waals surface area contributed by atoms with E-state index in [2.05, 4.69) is 43.3 Å². The number of carbonyl (C=O) groups is 1. The number of nitrogens with one attached hydrogen (secondary N) is 2. The lowest BCUT2D eigenvalue weighted by Gasteiger charge is -2.25. The number of ether oxygens (including phenoxy) is 1. The van der Waals surface area contributed by atoms with Crippen molar-refractivity contribution >= 4 is 32.7 Å². The number of amides is 1. The van der Waals surface area contributed by atoms with Gasteiger partial charge in [0.15, 0.2) is 0 Å². The molecule has 2 heterocycles. The molecule has 0 bridgehead atoms. The molecular formula is C16H20BrN3O2. The predicted octanol–water partition coefficient (Wildman–Crippen LogP) is 1.92. The van der Waals surface area contributed by atoms with Crippen LogP contribution in [0.4, 0.5) is 0 Å². The van der Waals surface area contributed by atoms with Crippen molar-refractivity contribution in [3.63, 3.8) is 0 Å². The van der Waals surface area contributed by atoms with Gasteiger partial charge in [-0.3, -0.25) is 9.69 Å². The molecule has 6 heteroatoms. The van der Waals surface area contributed by atoms with Gasteiger partial charge in [-0.2, -0.15) is 0 Å². The lowest BCUT2D eigenvalue weighted by atomic mass is 10.1. The van der Waals surface area contributed by atoms with E-state index in [9.17, 15) is 4.79 Å². The Bertz CT molecular complexity index is 650. The molecule has 0 unspecified atom stereocenters. The van der Waals surface area contributed by atoms with Crippen LogP contribution in [-0.4, -0.2) is 55.2 Å². The quantitative estimate of drug-likeness (QED) is 0.850. The minimum atomic E-state index is 0.0860. The van der Waals surface area contributed by atoms with Crippen LogP contribution in [0.25, 0.3) is 10.9 Å². The van der Waals surface area contributed by atoms with Crippen molar-refractivity contribution in [3.8, 4) is 0 Å². The number of aromatic amines is 1. The van der Waals surface area contributed by atoms with E-state index in [0.29, 0.717) is 13.1 Å². The van der Waals surface area contributed by atoms with Crippen LogP contribution in [0.3, 0.4) is 0 Å². The van der Waals surface area contributed by atoms with Gasteiger partial charge in [-0.05, 0) is 30.2 Å². The van der Waals surface area contributed by atoms with Crippen molar-refractivity contribution in [3.05, 3.63) is 34.4 Å². The number of benzene rings is 1. The topological polar surface area (TPSA) is 57.4 Å². The van der Waals surface area contributed by atoms with Gasteiger partial charge >= 0.3 is 0 Å². The van der Waals surface area contributed by atoms with Crippen LogP contribution in [0, 0.1) is 0 Å². The standard InChI is InChI=1S/C16H20BrN3O2/c17-13-1-2-15-14(9-13)12(10-19-15)3-4-18-16(21)11-20-5-7-22-8-6-20/h1-2,9-10,19H,3-8,11H2,(H,18,21). The first kappa shape index (κ1) is 15.5. The first-order chi connectivity index (χ1) is 10.7. The molecule has 118 valence electrons. The maximum Gasteiger partial charge on any atom is 0.234 e. The molecule has 0 aliphatic carbocycles. The van der Waals surface area contributed by atoms with Crippen LogP contribution in [-0.2, 0) is 16.0 Å². The maximum absolute atomic E-state index is 11.9. The zero-order valence-corrected chi connectivity index (χ0v) is 14.0. The van der Waals surface area contributed by atoms with Crippen LogP contribution in [0.15, 0.2) is 28.9 Å². The number of halogens is 1. The SMILES string of the molecule is O=C(CN1CCOCC1)NCCc1c[nH]c2ccc(Br)cc12. The molecule has 0 spiro atoms. The van der Waals surface area contributed by atoms with Crippen molar-refractivity contribution in [1.29, 1.82) is 0 Å². The predicted molar refractivity (Wildman–Crippen MR) is 90.0 cm³/mol. The van der Waals surface area contributed by atoms with Gasteiger partial charge < -0.3 is 15.0 Å². The van der Waals surface area contributed by atoms with E-state index in [1.54, 1.807) is 0 Å². The molecule has 22 heavy (non-hydrogen) atoms. The highest BCUT2D eigenvalue weighted by Gasteiger charge is 2.13. The van der Waals surface area contributed by atoms with E-state index in [-0.39, 0.29) is 5.91 Å². The Morgan fingerprint density at radius 3 is 3.00 bits per heavy atom. The molecule has 0 saturated carbocycles. The highest BCUT2D eigenvalue weighted by molar-refractivity contribution is 9.10. The molecule has 1 fully saturated rings. The van der Waals surface area contributed by atoms with E-state index in [1.807, 2.05) is 12.3 Å². The molecule has 1 aromatic heterocycles. The number of nitrogens with zero attached hydrogens (tertiary/aromatic N) is 1. The largest absolute Gasteiger partial charge is 0.379 e. The fourth-order valence-electron chi connectivity index (χ4n) is 2.71. The summed E-state index contributed by atoms with van der Waals surface area (Å²) in [5.74, 6) is 0.0860. The third kappa shape index (κ3) is 3.88. The van der Waals surface area contributed by atoms with Crippen LogP contribution in [0.1, 0.15) is 5.56 Å². The second-order valence-corrected chi connectivity index (χ2v) is 6.41. The summed E-state index contributed by atoms with van der Waals surface area (Å²) >= 11 is 3.50. The van der Waals surface area contributed by atoms with Gasteiger partial charge in [0.05, 0.1) is 19.8 Å². The van der Waals surface area contributed by atoms with Gasteiger partial charge in [-0.1, -0.05) is 15.9 Å². The first-order valence-electron chi connectivity index (χ1n) is 7.55. The average molecular weight is 366 g/mol. The van der Waals surface area contributed by atoms with Crippen LogP contribution in [0.5, 0.6) is 0 Å². The molecule has 2 N–H and O–H groups in total. The zero-order valence-electron chi connectivity index (χ0n) is 12.4. The summed E-state index contributed by atoms with van der Waals surface area (Å²) in [5.41, 5.74) is 2.35. The molecule has 1 amide bonds. The molecule has 2 aromatic rings. The Morgan fingerprint density at radius 1 is 1.36 bits per heavy atom. The Kier molecular flexibility index (Phi) is 5.12. The Balaban J connectivity index is 1.49. The maximum atomic E-state index is 11.9. The fraction of sp³-hybridized carbons (Fsp3) is 0.438. The zero-order chi connectivity index (χ0) is 15.4. The highest BCUT2D eigenvalue weighted by atomic mass is 79.9. The van der Waals surface area contributed by atoms with Crippen molar-refractivity contribution in [2.24, 2.45) is 0 Å². The molecular weight excluding hydrogens is 346 g/mol. The van der Waals surface area contributed by atoms with Crippen molar-refractivity contribution < 1.29 is 9.53 Å². The fourth-order valence-corrected chi connectivity index (χ4v) is 3.07. The normalized spacial score (nSPS) is 16.0. The van der Waals surface area contributed by atoms with Crippen molar-refractivity contribution in [2.45, 2.75) is 6.42 Å². The second-order valence-electron chi connectivity index (χ2n) is 5.49. The molecule has 1 aliphatic rings. The summed E-state index contributed by atoms with van der Waals surface area (Å²) in [4.78, 5) is 17.3. The number of hydrogen-bond donors (Lipinski definition) is 2. The third-order valence-electron chi connectivity index (χ3n) is 3.92. The molecule has 5 nitrogen and oxygen atoms in total. The number of morpholine rings is 1. The van der Waals surface area contributed by atoms with Gasteiger partial charge in [0, 0.05) is 41.2 Å². The second kappa shape index (κ2) is 7.26. The number of carbonyl (C=O) groups excluding carboxylic acids is 1. The summed E-state index contributed by atoms with van der Waals surface area (Å²) in [6.45, 7) is 4.23. The van der Waals surface area contributed by atoms with Gasteiger partial charge in [0.2, 0.25) is 5.91 Å². The monoisotopic (exact) mass is 365 g/mol. The number of rotatable bonds is 5.